The van der Waals surface area contributed by atoms with Crippen LogP contribution in [-0.4, -0.2) is 26.6 Å². The summed E-state index contributed by atoms with van der Waals surface area (Å²) >= 11 is 0. The smallest absolute Gasteiger partial charge is 0.158 e. The van der Waals surface area contributed by atoms with Crippen molar-refractivity contribution in [3.63, 3.8) is 0 Å². The molecule has 0 saturated carbocycles. The highest BCUT2D eigenvalue weighted by atomic mass is 16.5. The fourth-order valence-corrected chi connectivity index (χ4v) is 1.52. The van der Waals surface area contributed by atoms with Gasteiger partial charge in [0.1, 0.15) is 12.4 Å². The van der Waals surface area contributed by atoms with Gasteiger partial charge in [0, 0.05) is 13.5 Å². The minimum Gasteiger partial charge on any atom is -0.497 e. The molecule has 0 unspecified atom stereocenters. The predicted molar refractivity (Wildman–Crippen MR) is 62.8 cm³/mol. The lowest BCUT2D eigenvalue weighted by molar-refractivity contribution is -0.122. The number of aryl methyl sites for hydroxylation is 1. The molecule has 16 heavy (non-hydrogen) atoms. The summed E-state index contributed by atoms with van der Waals surface area (Å²) in [6, 6.07) is 7.93. The highest BCUT2D eigenvalue weighted by Gasteiger charge is 2.01. The second kappa shape index (κ2) is 7.01. The van der Waals surface area contributed by atoms with Crippen LogP contribution in [0.1, 0.15) is 18.4 Å². The molecule has 0 amide bonds. The molecule has 0 heterocycles. The predicted octanol–water partition coefficient (Wildman–Crippen LogP) is 2.23. The van der Waals surface area contributed by atoms with Gasteiger partial charge < -0.3 is 9.47 Å². The molecular weight excluding hydrogens is 204 g/mol. The molecule has 88 valence electrons. The van der Waals surface area contributed by atoms with Crippen molar-refractivity contribution in [3.05, 3.63) is 29.8 Å². The largest absolute Gasteiger partial charge is 0.497 e. The second-order valence-corrected chi connectivity index (χ2v) is 3.67. The van der Waals surface area contributed by atoms with Crippen LogP contribution in [0.5, 0.6) is 5.75 Å². The summed E-state index contributed by atoms with van der Waals surface area (Å²) in [5.74, 6) is 1.02. The third-order valence-electron chi connectivity index (χ3n) is 2.39. The van der Waals surface area contributed by atoms with Gasteiger partial charge in [-0.15, -0.1) is 0 Å². The van der Waals surface area contributed by atoms with E-state index in [0.717, 1.165) is 18.6 Å². The molecule has 0 aliphatic carbocycles. The summed E-state index contributed by atoms with van der Waals surface area (Å²) in [7, 11) is 3.19. The standard InChI is InChI=1S/C13H18O3/c1-15-10-12(14)5-3-4-11-6-8-13(16-2)9-7-11/h6-9H,3-5,10H2,1-2H3. The molecular formula is C13H18O3. The number of methoxy groups -OCH3 is 2. The first-order chi connectivity index (χ1) is 7.76. The summed E-state index contributed by atoms with van der Waals surface area (Å²) in [4.78, 5) is 11.2. The molecule has 0 aliphatic heterocycles. The summed E-state index contributed by atoms with van der Waals surface area (Å²) < 4.78 is 9.84. The Morgan fingerprint density at radius 2 is 1.88 bits per heavy atom. The molecule has 0 bridgehead atoms. The summed E-state index contributed by atoms with van der Waals surface area (Å²) in [6.07, 6.45) is 2.37. The van der Waals surface area contributed by atoms with E-state index in [1.807, 2.05) is 24.3 Å². The van der Waals surface area contributed by atoms with Crippen molar-refractivity contribution in [2.75, 3.05) is 20.8 Å². The number of hydrogen-bond donors (Lipinski definition) is 0. The van der Waals surface area contributed by atoms with Gasteiger partial charge in [0.25, 0.3) is 0 Å². The van der Waals surface area contributed by atoms with Crippen LogP contribution in [0, 0.1) is 0 Å². The van der Waals surface area contributed by atoms with E-state index < -0.39 is 0 Å². The topological polar surface area (TPSA) is 35.5 Å². The third-order valence-corrected chi connectivity index (χ3v) is 2.39. The SMILES string of the molecule is COCC(=O)CCCc1ccc(OC)cc1. The second-order valence-electron chi connectivity index (χ2n) is 3.67. The Morgan fingerprint density at radius 3 is 2.44 bits per heavy atom. The third kappa shape index (κ3) is 4.45. The Bertz CT molecular complexity index is 316. The zero-order chi connectivity index (χ0) is 11.8. The van der Waals surface area contributed by atoms with E-state index in [9.17, 15) is 4.79 Å². The number of carbonyl (C=O) groups is 1. The first-order valence-corrected chi connectivity index (χ1v) is 5.40. The van der Waals surface area contributed by atoms with Crippen molar-refractivity contribution in [2.24, 2.45) is 0 Å². The minimum absolute atomic E-state index is 0.163. The maximum Gasteiger partial charge on any atom is 0.158 e. The Balaban J connectivity index is 2.29. The van der Waals surface area contributed by atoms with Crippen LogP contribution in [0.2, 0.25) is 0 Å². The molecule has 0 atom stereocenters. The molecule has 1 aromatic carbocycles. The molecule has 0 spiro atoms. The molecule has 0 N–H and O–H groups in total. The molecule has 1 aromatic rings. The number of carbonyl (C=O) groups excluding carboxylic acids is 1. The maximum absolute atomic E-state index is 11.2. The maximum atomic E-state index is 11.2. The van der Waals surface area contributed by atoms with Gasteiger partial charge in [-0.25, -0.2) is 0 Å². The van der Waals surface area contributed by atoms with Crippen LogP contribution in [0.25, 0.3) is 0 Å². The highest BCUT2D eigenvalue weighted by Crippen LogP contribution is 2.13. The van der Waals surface area contributed by atoms with Crippen molar-refractivity contribution >= 4 is 5.78 Å². The Labute approximate surface area is 96.4 Å². The van der Waals surface area contributed by atoms with Crippen LogP contribution < -0.4 is 4.74 Å². The lowest BCUT2D eigenvalue weighted by atomic mass is 10.1. The number of ketones is 1. The van der Waals surface area contributed by atoms with Crippen molar-refractivity contribution < 1.29 is 14.3 Å². The minimum atomic E-state index is 0.163. The van der Waals surface area contributed by atoms with Gasteiger partial charge in [0.2, 0.25) is 0 Å². The Hall–Kier alpha value is -1.35. The van der Waals surface area contributed by atoms with Gasteiger partial charge in [-0.3, -0.25) is 4.79 Å². The van der Waals surface area contributed by atoms with Gasteiger partial charge in [-0.05, 0) is 30.5 Å². The number of rotatable bonds is 7. The van der Waals surface area contributed by atoms with Gasteiger partial charge in [0.05, 0.1) is 7.11 Å². The first-order valence-electron chi connectivity index (χ1n) is 5.40. The molecule has 0 saturated heterocycles. The number of benzene rings is 1. The summed E-state index contributed by atoms with van der Waals surface area (Å²) in [5.41, 5.74) is 1.23. The highest BCUT2D eigenvalue weighted by molar-refractivity contribution is 5.79. The molecule has 0 fully saturated rings. The molecule has 0 aromatic heterocycles. The van der Waals surface area contributed by atoms with Crippen LogP contribution >= 0.6 is 0 Å². The van der Waals surface area contributed by atoms with Crippen LogP contribution in [0.15, 0.2) is 24.3 Å². The zero-order valence-electron chi connectivity index (χ0n) is 9.86. The van der Waals surface area contributed by atoms with Crippen molar-refractivity contribution in [1.82, 2.24) is 0 Å². The van der Waals surface area contributed by atoms with E-state index in [-0.39, 0.29) is 12.4 Å². The summed E-state index contributed by atoms with van der Waals surface area (Å²) in [6.45, 7) is 0.225. The number of ether oxygens (including phenoxy) is 2. The monoisotopic (exact) mass is 222 g/mol. The van der Waals surface area contributed by atoms with Gasteiger partial charge >= 0.3 is 0 Å². The Kier molecular flexibility index (Phi) is 5.57. The van der Waals surface area contributed by atoms with E-state index >= 15 is 0 Å². The Morgan fingerprint density at radius 1 is 1.19 bits per heavy atom. The lowest BCUT2D eigenvalue weighted by Gasteiger charge is -2.03. The van der Waals surface area contributed by atoms with Crippen LogP contribution in [-0.2, 0) is 16.0 Å². The number of hydrogen-bond acceptors (Lipinski definition) is 3. The van der Waals surface area contributed by atoms with Crippen molar-refractivity contribution in [2.45, 2.75) is 19.3 Å². The van der Waals surface area contributed by atoms with E-state index in [4.69, 9.17) is 9.47 Å². The van der Waals surface area contributed by atoms with Crippen molar-refractivity contribution in [3.8, 4) is 5.75 Å². The normalized spacial score (nSPS) is 10.1. The molecule has 3 nitrogen and oxygen atoms in total. The van der Waals surface area contributed by atoms with E-state index in [1.54, 1.807) is 14.2 Å². The average molecular weight is 222 g/mol. The fourth-order valence-electron chi connectivity index (χ4n) is 1.52. The molecule has 3 heteroatoms. The first kappa shape index (κ1) is 12.7. The zero-order valence-corrected chi connectivity index (χ0v) is 9.86. The van der Waals surface area contributed by atoms with Crippen LogP contribution in [0.3, 0.4) is 0 Å². The van der Waals surface area contributed by atoms with E-state index in [2.05, 4.69) is 0 Å². The number of Topliss-reactive ketones (excluding diaryl/α,β-unsaturated/α-hetero) is 1. The van der Waals surface area contributed by atoms with Gasteiger partial charge in [0.15, 0.2) is 5.78 Å². The van der Waals surface area contributed by atoms with Gasteiger partial charge in [-0.1, -0.05) is 12.1 Å². The average Bonchev–Trinajstić information content (AvgIpc) is 2.30. The van der Waals surface area contributed by atoms with Crippen LogP contribution in [0.4, 0.5) is 0 Å². The van der Waals surface area contributed by atoms with Crippen molar-refractivity contribution in [1.29, 1.82) is 0 Å². The van der Waals surface area contributed by atoms with E-state index in [1.165, 1.54) is 5.56 Å². The summed E-state index contributed by atoms with van der Waals surface area (Å²) in [5, 5.41) is 0. The fraction of sp³-hybridized carbons (Fsp3) is 0.462. The molecule has 0 aliphatic rings. The van der Waals surface area contributed by atoms with E-state index in [0.29, 0.717) is 6.42 Å². The molecule has 0 radical (unpaired) electrons. The lowest BCUT2D eigenvalue weighted by Crippen LogP contribution is -2.06. The molecule has 1 rings (SSSR count). The van der Waals surface area contributed by atoms with Gasteiger partial charge in [-0.2, -0.15) is 0 Å². The quantitative estimate of drug-likeness (QED) is 0.709.